The van der Waals surface area contributed by atoms with Gasteiger partial charge >= 0.3 is 0 Å². The van der Waals surface area contributed by atoms with Crippen molar-refractivity contribution in [2.75, 3.05) is 22.6 Å². The molecule has 1 aliphatic heterocycles. The summed E-state index contributed by atoms with van der Waals surface area (Å²) >= 11 is 2.39. The number of aromatic nitrogens is 2. The zero-order chi connectivity index (χ0) is 30.9. The standard InChI is InChI=1S/C31H31FN6O3S2/c1-5-41-20-10-7-18(8-11-20)26-21(15-33)28(34)38(23-13-31(3,4)14-24(39)27(23)26)29-36-37-30(43-29)42-16-25(40)35-22-12-19(32)9-6-17(22)2/h6-12,26H,5,13-14,16,34H2,1-4H3,(H,35,40). The van der Waals surface area contributed by atoms with E-state index in [1.807, 2.05) is 45.0 Å². The van der Waals surface area contributed by atoms with E-state index in [1.54, 1.807) is 17.9 Å². The fourth-order valence-corrected chi connectivity index (χ4v) is 7.06. The van der Waals surface area contributed by atoms with E-state index >= 15 is 0 Å². The quantitative estimate of drug-likeness (QED) is 0.289. The molecule has 43 heavy (non-hydrogen) atoms. The molecule has 0 radical (unpaired) electrons. The van der Waals surface area contributed by atoms with E-state index < -0.39 is 11.7 Å². The number of nitriles is 1. The first-order chi connectivity index (χ1) is 20.5. The predicted octanol–water partition coefficient (Wildman–Crippen LogP) is 6.06. The van der Waals surface area contributed by atoms with Gasteiger partial charge in [0.25, 0.3) is 0 Å². The lowest BCUT2D eigenvalue weighted by atomic mass is 9.68. The summed E-state index contributed by atoms with van der Waals surface area (Å²) in [5, 5.41) is 22.0. The van der Waals surface area contributed by atoms with Crippen molar-refractivity contribution in [1.82, 2.24) is 10.2 Å². The second-order valence-electron chi connectivity index (χ2n) is 11.1. The number of nitrogens with one attached hydrogen (secondary N) is 1. The predicted molar refractivity (Wildman–Crippen MR) is 165 cm³/mol. The van der Waals surface area contributed by atoms with Crippen molar-refractivity contribution in [2.24, 2.45) is 11.1 Å². The van der Waals surface area contributed by atoms with Crippen LogP contribution < -0.4 is 20.7 Å². The Balaban J connectivity index is 1.45. The summed E-state index contributed by atoms with van der Waals surface area (Å²) in [7, 11) is 0. The van der Waals surface area contributed by atoms with E-state index in [4.69, 9.17) is 10.5 Å². The molecule has 5 rings (SSSR count). The number of benzene rings is 2. The Morgan fingerprint density at radius 3 is 2.70 bits per heavy atom. The van der Waals surface area contributed by atoms with Crippen molar-refractivity contribution in [3.8, 4) is 11.8 Å². The third kappa shape index (κ3) is 6.28. The molecular formula is C31H31FN6O3S2. The van der Waals surface area contributed by atoms with Crippen molar-refractivity contribution < 1.29 is 18.7 Å². The normalized spacial score (nSPS) is 17.9. The smallest absolute Gasteiger partial charge is 0.234 e. The maximum absolute atomic E-state index is 13.7. The maximum atomic E-state index is 13.7. The van der Waals surface area contributed by atoms with Crippen molar-refractivity contribution in [3.63, 3.8) is 0 Å². The molecule has 0 spiro atoms. The molecule has 0 saturated heterocycles. The van der Waals surface area contributed by atoms with Gasteiger partial charge in [-0.3, -0.25) is 14.5 Å². The van der Waals surface area contributed by atoms with Gasteiger partial charge in [0.05, 0.1) is 29.9 Å². The van der Waals surface area contributed by atoms with Crippen LogP contribution >= 0.6 is 23.1 Å². The monoisotopic (exact) mass is 618 g/mol. The average molecular weight is 619 g/mol. The first-order valence-electron chi connectivity index (χ1n) is 13.7. The van der Waals surface area contributed by atoms with E-state index in [9.17, 15) is 19.2 Å². The highest BCUT2D eigenvalue weighted by molar-refractivity contribution is 8.01. The van der Waals surface area contributed by atoms with Gasteiger partial charge in [-0.1, -0.05) is 55.1 Å². The molecule has 0 bridgehead atoms. The van der Waals surface area contributed by atoms with E-state index in [0.717, 1.165) is 11.1 Å². The molecule has 1 unspecified atom stereocenters. The minimum absolute atomic E-state index is 0.0264. The highest BCUT2D eigenvalue weighted by Crippen LogP contribution is 2.50. The van der Waals surface area contributed by atoms with E-state index in [1.165, 1.54) is 35.2 Å². The van der Waals surface area contributed by atoms with E-state index in [-0.39, 0.29) is 34.3 Å². The summed E-state index contributed by atoms with van der Waals surface area (Å²) < 4.78 is 19.7. The number of ketones is 1. The van der Waals surface area contributed by atoms with Crippen LogP contribution in [0.2, 0.25) is 0 Å². The van der Waals surface area contributed by atoms with Crippen molar-refractivity contribution in [2.45, 2.75) is 50.8 Å². The van der Waals surface area contributed by atoms with Crippen molar-refractivity contribution in [1.29, 1.82) is 5.26 Å². The molecule has 1 aromatic heterocycles. The Morgan fingerprint density at radius 2 is 2.00 bits per heavy atom. The van der Waals surface area contributed by atoms with Crippen molar-refractivity contribution >= 4 is 45.6 Å². The number of carbonyl (C=O) groups excluding carboxylic acids is 2. The molecule has 2 aromatic carbocycles. The van der Waals surface area contributed by atoms with Gasteiger partial charge < -0.3 is 15.8 Å². The van der Waals surface area contributed by atoms with E-state index in [0.29, 0.717) is 51.6 Å². The van der Waals surface area contributed by atoms with Gasteiger partial charge in [0, 0.05) is 23.4 Å². The van der Waals surface area contributed by atoms with Gasteiger partial charge in [-0.2, -0.15) is 5.26 Å². The van der Waals surface area contributed by atoms with Crippen LogP contribution in [0.25, 0.3) is 0 Å². The van der Waals surface area contributed by atoms with Crippen LogP contribution in [0.1, 0.15) is 50.7 Å². The van der Waals surface area contributed by atoms with Gasteiger partial charge in [0.15, 0.2) is 10.1 Å². The Kier molecular flexibility index (Phi) is 8.57. The fourth-order valence-electron chi connectivity index (χ4n) is 5.38. The topological polar surface area (TPSA) is 134 Å². The first kappa shape index (κ1) is 30.3. The molecule has 222 valence electrons. The molecule has 1 amide bonds. The number of ether oxygens (including phenoxy) is 1. The van der Waals surface area contributed by atoms with E-state index in [2.05, 4.69) is 21.6 Å². The molecule has 2 aliphatic rings. The maximum Gasteiger partial charge on any atom is 0.234 e. The van der Waals surface area contributed by atoms with Crippen LogP contribution in [-0.4, -0.2) is 34.2 Å². The SMILES string of the molecule is CCOc1ccc(C2C(C#N)=C(N)N(c3nnc(SCC(=O)Nc4cc(F)ccc4C)s3)C3=C2C(=O)CC(C)(C)C3)cc1. The lowest BCUT2D eigenvalue weighted by Gasteiger charge is -2.42. The second kappa shape index (κ2) is 12.2. The third-order valence-corrected chi connectivity index (χ3v) is 9.33. The number of carbonyl (C=O) groups is 2. The molecule has 0 fully saturated rings. The van der Waals surface area contributed by atoms with Crippen molar-refractivity contribution in [3.05, 3.63) is 82.1 Å². The molecule has 12 heteroatoms. The number of hydrogen-bond donors (Lipinski definition) is 2. The Labute approximate surface area is 257 Å². The van der Waals surface area contributed by atoms with Crippen LogP contribution in [0, 0.1) is 29.5 Å². The molecule has 1 aliphatic carbocycles. The number of halogens is 1. The third-order valence-electron chi connectivity index (χ3n) is 7.29. The van der Waals surface area contributed by atoms with Gasteiger partial charge in [0.1, 0.15) is 17.4 Å². The Morgan fingerprint density at radius 1 is 1.26 bits per heavy atom. The number of Topliss-reactive ketones (excluding diaryl/α,β-unsaturated/α-hetero) is 1. The summed E-state index contributed by atoms with van der Waals surface area (Å²) in [6.45, 7) is 8.26. The Hall–Kier alpha value is -4.21. The molecular weight excluding hydrogens is 588 g/mol. The molecule has 2 heterocycles. The van der Waals surface area contributed by atoms with Crippen LogP contribution in [0.4, 0.5) is 15.2 Å². The molecule has 9 nitrogen and oxygen atoms in total. The van der Waals surface area contributed by atoms with Crippen LogP contribution in [0.15, 0.2) is 69.5 Å². The minimum atomic E-state index is -0.618. The molecule has 3 N–H and O–H groups in total. The molecule has 0 saturated carbocycles. The number of rotatable bonds is 8. The second-order valence-corrected chi connectivity index (χ2v) is 13.3. The zero-order valence-corrected chi connectivity index (χ0v) is 25.9. The minimum Gasteiger partial charge on any atom is -0.494 e. The highest BCUT2D eigenvalue weighted by Gasteiger charge is 2.45. The lowest BCUT2D eigenvalue weighted by Crippen LogP contribution is -2.42. The number of nitrogens with two attached hydrogens (primary N) is 1. The van der Waals surface area contributed by atoms with Gasteiger partial charge in [-0.25, -0.2) is 4.39 Å². The number of aryl methyl sites for hydroxylation is 1. The number of amides is 1. The Bertz CT molecular complexity index is 1690. The van der Waals surface area contributed by atoms with Gasteiger partial charge in [0.2, 0.25) is 11.0 Å². The van der Waals surface area contributed by atoms with Gasteiger partial charge in [-0.05, 0) is 61.1 Å². The fraction of sp³-hybridized carbons (Fsp3) is 0.323. The number of nitrogens with zero attached hydrogens (tertiary/aromatic N) is 4. The average Bonchev–Trinajstić information content (AvgIpc) is 3.42. The van der Waals surface area contributed by atoms with Crippen LogP contribution in [0.5, 0.6) is 5.75 Å². The summed E-state index contributed by atoms with van der Waals surface area (Å²) in [6.07, 6.45) is 0.876. The van der Waals surface area contributed by atoms with Crippen LogP contribution in [-0.2, 0) is 9.59 Å². The first-order valence-corrected chi connectivity index (χ1v) is 15.5. The summed E-state index contributed by atoms with van der Waals surface area (Å²) in [6, 6.07) is 13.9. The largest absolute Gasteiger partial charge is 0.494 e. The van der Waals surface area contributed by atoms with Crippen LogP contribution in [0.3, 0.4) is 0 Å². The summed E-state index contributed by atoms with van der Waals surface area (Å²) in [5.74, 6) is -0.498. The highest BCUT2D eigenvalue weighted by atomic mass is 32.2. The molecule has 3 aromatic rings. The lowest BCUT2D eigenvalue weighted by molar-refractivity contribution is -0.118. The number of anilines is 2. The number of allylic oxidation sites excluding steroid dienone is 3. The molecule has 1 atom stereocenters. The number of hydrogen-bond acceptors (Lipinski definition) is 10. The summed E-state index contributed by atoms with van der Waals surface area (Å²) in [4.78, 5) is 28.0. The zero-order valence-electron chi connectivity index (χ0n) is 24.2. The number of thioether (sulfide) groups is 1. The summed E-state index contributed by atoms with van der Waals surface area (Å²) in [5.41, 5.74) is 9.78. The van der Waals surface area contributed by atoms with Gasteiger partial charge in [-0.15, -0.1) is 10.2 Å².